The Balaban J connectivity index is 1.79. The number of phenols is 1. The minimum absolute atomic E-state index is 0.0296. The molecule has 0 saturated heterocycles. The Labute approximate surface area is 209 Å². The zero-order valence-electron chi connectivity index (χ0n) is 19.9. The number of halogens is 1. The average Bonchev–Trinajstić information content (AvgIpc) is 2.83. The van der Waals surface area contributed by atoms with Gasteiger partial charge in [-0.1, -0.05) is 35.9 Å². The van der Waals surface area contributed by atoms with Crippen molar-refractivity contribution < 1.29 is 28.9 Å². The normalized spacial score (nSPS) is 19.8. The summed E-state index contributed by atoms with van der Waals surface area (Å²) in [6, 6.07) is 12.4. The van der Waals surface area contributed by atoms with Gasteiger partial charge in [-0.2, -0.15) is 0 Å². The Hall–Kier alpha value is -3.29. The number of ketones is 1. The molecule has 0 amide bonds. The fourth-order valence-corrected chi connectivity index (χ4v) is 5.13. The molecule has 2 N–H and O–H groups in total. The number of hydrogen-bond acceptors (Lipinski definition) is 7. The smallest absolute Gasteiger partial charge is 0.336 e. The van der Waals surface area contributed by atoms with Gasteiger partial charge in [0.25, 0.3) is 0 Å². The van der Waals surface area contributed by atoms with Crippen molar-refractivity contribution in [2.24, 2.45) is 0 Å². The largest absolute Gasteiger partial charge is 0.504 e. The monoisotopic (exact) mass is 497 g/mol. The third kappa shape index (κ3) is 4.92. The number of allylic oxidation sites excluding steroid dienone is 3. The molecule has 8 heteroatoms. The van der Waals surface area contributed by atoms with Crippen LogP contribution < -0.4 is 10.1 Å². The van der Waals surface area contributed by atoms with Crippen LogP contribution in [0.25, 0.3) is 0 Å². The predicted molar refractivity (Wildman–Crippen MR) is 132 cm³/mol. The van der Waals surface area contributed by atoms with Crippen LogP contribution in [0, 0.1) is 0 Å². The topological polar surface area (TPSA) is 94.1 Å². The van der Waals surface area contributed by atoms with E-state index in [2.05, 4.69) is 5.32 Å². The van der Waals surface area contributed by atoms with Gasteiger partial charge in [-0.25, -0.2) is 4.79 Å². The van der Waals surface area contributed by atoms with Crippen LogP contribution in [0.1, 0.15) is 42.7 Å². The van der Waals surface area contributed by atoms with Gasteiger partial charge in [0.1, 0.15) is 6.61 Å². The summed E-state index contributed by atoms with van der Waals surface area (Å²) in [4.78, 5) is 26.8. The summed E-state index contributed by atoms with van der Waals surface area (Å²) in [5, 5.41) is 14.1. The van der Waals surface area contributed by atoms with Gasteiger partial charge in [-0.05, 0) is 48.6 Å². The summed E-state index contributed by atoms with van der Waals surface area (Å²) in [5.74, 6) is -1.13. The van der Waals surface area contributed by atoms with Crippen LogP contribution in [-0.4, -0.2) is 44.3 Å². The van der Waals surface area contributed by atoms with Gasteiger partial charge in [0.15, 0.2) is 17.3 Å². The summed E-state index contributed by atoms with van der Waals surface area (Å²) in [6.07, 6.45) is 0.834. The molecule has 1 aliphatic carbocycles. The fourth-order valence-electron chi connectivity index (χ4n) is 4.84. The van der Waals surface area contributed by atoms with E-state index in [0.29, 0.717) is 33.9 Å². The van der Waals surface area contributed by atoms with E-state index in [9.17, 15) is 14.7 Å². The minimum Gasteiger partial charge on any atom is -0.504 e. The first-order chi connectivity index (χ1) is 16.8. The first-order valence-corrected chi connectivity index (χ1v) is 11.7. The molecule has 7 nitrogen and oxygen atoms in total. The molecule has 0 spiro atoms. The molecule has 0 bridgehead atoms. The molecule has 2 aromatic carbocycles. The maximum atomic E-state index is 13.6. The van der Waals surface area contributed by atoms with Gasteiger partial charge in [-0.3, -0.25) is 4.79 Å². The summed E-state index contributed by atoms with van der Waals surface area (Å²) in [7, 11) is 2.98. The standard InChI is InChI=1S/C27H28ClNO6/c1-15-24(27(32)35-11-10-33-2)25(16-8-9-21(30)23(14-16)34-3)26-20(29-15)12-17(13-22(26)31)18-6-4-5-7-19(18)28/h4-9,14,17,25,29-30H,10-13H2,1-3H3/t17-,25+/m0/s1. The zero-order valence-corrected chi connectivity index (χ0v) is 20.6. The number of esters is 1. The van der Waals surface area contributed by atoms with E-state index in [0.717, 1.165) is 11.3 Å². The number of carbonyl (C=O) groups is 2. The summed E-state index contributed by atoms with van der Waals surface area (Å²) >= 11 is 6.44. The van der Waals surface area contributed by atoms with Crippen molar-refractivity contribution in [3.05, 3.63) is 81.2 Å². The Morgan fingerprint density at radius 3 is 2.63 bits per heavy atom. The van der Waals surface area contributed by atoms with E-state index in [1.807, 2.05) is 24.3 Å². The third-order valence-electron chi connectivity index (χ3n) is 6.45. The lowest BCUT2D eigenvalue weighted by Gasteiger charge is -2.37. The van der Waals surface area contributed by atoms with Crippen molar-refractivity contribution in [2.45, 2.75) is 31.6 Å². The molecule has 35 heavy (non-hydrogen) atoms. The number of benzene rings is 2. The Bertz CT molecular complexity index is 1220. The molecule has 0 fully saturated rings. The maximum absolute atomic E-state index is 13.6. The highest BCUT2D eigenvalue weighted by Gasteiger charge is 2.42. The molecule has 0 aromatic heterocycles. The maximum Gasteiger partial charge on any atom is 0.336 e. The van der Waals surface area contributed by atoms with E-state index in [1.165, 1.54) is 20.3 Å². The van der Waals surface area contributed by atoms with Crippen molar-refractivity contribution in [1.29, 1.82) is 0 Å². The highest BCUT2D eigenvalue weighted by Crippen LogP contribution is 2.47. The molecule has 0 radical (unpaired) electrons. The second kappa shape index (κ2) is 10.5. The predicted octanol–water partition coefficient (Wildman–Crippen LogP) is 4.61. The lowest BCUT2D eigenvalue weighted by atomic mass is 9.71. The van der Waals surface area contributed by atoms with Crippen LogP contribution in [0.4, 0.5) is 0 Å². The molecule has 1 aliphatic heterocycles. The molecule has 184 valence electrons. The van der Waals surface area contributed by atoms with Crippen molar-refractivity contribution in [1.82, 2.24) is 5.32 Å². The van der Waals surface area contributed by atoms with Crippen LogP contribution in [-0.2, 0) is 19.1 Å². The minimum atomic E-state index is -0.671. The van der Waals surface area contributed by atoms with Gasteiger partial charge < -0.3 is 24.6 Å². The molecule has 1 heterocycles. The van der Waals surface area contributed by atoms with Crippen LogP contribution in [0.2, 0.25) is 5.02 Å². The van der Waals surface area contributed by atoms with Crippen molar-refractivity contribution in [3.63, 3.8) is 0 Å². The molecular formula is C27H28ClNO6. The van der Waals surface area contributed by atoms with Gasteiger partial charge in [-0.15, -0.1) is 0 Å². The SMILES string of the molecule is COCCOC(=O)C1=C(C)NC2=C(C(=O)C[C@@H](c3ccccc3Cl)C2)[C@@H]1c1ccc(O)c(OC)c1. The third-order valence-corrected chi connectivity index (χ3v) is 6.79. The number of aromatic hydroxyl groups is 1. The molecule has 2 atom stereocenters. The molecule has 2 aliphatic rings. The van der Waals surface area contributed by atoms with Crippen molar-refractivity contribution >= 4 is 23.4 Å². The zero-order chi connectivity index (χ0) is 25.1. The highest BCUT2D eigenvalue weighted by atomic mass is 35.5. The van der Waals surface area contributed by atoms with Gasteiger partial charge >= 0.3 is 5.97 Å². The average molecular weight is 498 g/mol. The number of hydrogen-bond donors (Lipinski definition) is 2. The lowest BCUT2D eigenvalue weighted by Crippen LogP contribution is -2.36. The molecule has 4 rings (SSSR count). The number of methoxy groups -OCH3 is 2. The van der Waals surface area contributed by atoms with E-state index in [-0.39, 0.29) is 42.8 Å². The lowest BCUT2D eigenvalue weighted by molar-refractivity contribution is -0.140. The van der Waals surface area contributed by atoms with Crippen LogP contribution >= 0.6 is 11.6 Å². The first-order valence-electron chi connectivity index (χ1n) is 11.4. The molecular weight excluding hydrogens is 470 g/mol. The van der Waals surface area contributed by atoms with Crippen LogP contribution in [0.15, 0.2) is 65.0 Å². The van der Waals surface area contributed by atoms with Crippen LogP contribution in [0.5, 0.6) is 11.5 Å². The molecule has 0 saturated carbocycles. The quantitative estimate of drug-likeness (QED) is 0.426. The van der Waals surface area contributed by atoms with Crippen molar-refractivity contribution in [3.8, 4) is 11.5 Å². The number of ether oxygens (including phenoxy) is 3. The van der Waals surface area contributed by atoms with Crippen LogP contribution in [0.3, 0.4) is 0 Å². The number of Topliss-reactive ketones (excluding diaryl/α,β-unsaturated/α-hetero) is 1. The van der Waals surface area contributed by atoms with Gasteiger partial charge in [0, 0.05) is 41.4 Å². The Morgan fingerprint density at radius 1 is 1.14 bits per heavy atom. The number of carbonyl (C=O) groups excluding carboxylic acids is 2. The highest BCUT2D eigenvalue weighted by molar-refractivity contribution is 6.31. The second-order valence-corrected chi connectivity index (χ2v) is 9.01. The van der Waals surface area contributed by atoms with E-state index in [1.54, 1.807) is 19.1 Å². The van der Waals surface area contributed by atoms with Crippen molar-refractivity contribution in [2.75, 3.05) is 27.4 Å². The Kier molecular flexibility index (Phi) is 7.48. The van der Waals surface area contributed by atoms with E-state index < -0.39 is 11.9 Å². The number of phenolic OH excluding ortho intramolecular Hbond substituents is 1. The van der Waals surface area contributed by atoms with E-state index >= 15 is 0 Å². The summed E-state index contributed by atoms with van der Waals surface area (Å²) in [5.41, 5.74) is 3.80. The Morgan fingerprint density at radius 2 is 1.91 bits per heavy atom. The van der Waals surface area contributed by atoms with Gasteiger partial charge in [0.2, 0.25) is 0 Å². The fraction of sp³-hybridized carbons (Fsp3) is 0.333. The second-order valence-electron chi connectivity index (χ2n) is 8.60. The number of dihydropyridines is 1. The molecule has 2 aromatic rings. The summed E-state index contributed by atoms with van der Waals surface area (Å²) in [6.45, 7) is 2.15. The number of nitrogens with one attached hydrogen (secondary N) is 1. The molecule has 0 unspecified atom stereocenters. The summed E-state index contributed by atoms with van der Waals surface area (Å²) < 4.78 is 15.8. The van der Waals surface area contributed by atoms with Gasteiger partial charge in [0.05, 0.1) is 19.3 Å². The van der Waals surface area contributed by atoms with E-state index in [4.69, 9.17) is 25.8 Å². The first kappa shape index (κ1) is 24.8. The number of rotatable bonds is 7.